The number of hydrogen-bond acceptors (Lipinski definition) is 3. The molecule has 0 N–H and O–H groups in total. The summed E-state index contributed by atoms with van der Waals surface area (Å²) in [6, 6.07) is 18.7. The van der Waals surface area contributed by atoms with Gasteiger partial charge in [0.05, 0.1) is 7.11 Å². The third-order valence-corrected chi connectivity index (χ3v) is 9.87. The summed E-state index contributed by atoms with van der Waals surface area (Å²) >= 11 is 1.79. The Morgan fingerprint density at radius 2 is 2.00 bits per heavy atom. The highest BCUT2D eigenvalue weighted by atomic mass is 32.1. The fourth-order valence-corrected chi connectivity index (χ4v) is 8.17. The maximum absolute atomic E-state index is 12.7. The second-order valence-corrected chi connectivity index (χ2v) is 11.7. The quantitative estimate of drug-likeness (QED) is 0.321. The second-order valence-electron chi connectivity index (χ2n) is 10.9. The largest absolute Gasteiger partial charge is 0.497 e. The van der Waals surface area contributed by atoms with E-state index in [1.54, 1.807) is 24.0 Å². The molecule has 2 nitrogen and oxygen atoms in total. The van der Waals surface area contributed by atoms with E-state index in [-0.39, 0.29) is 11.2 Å². The SMILES string of the molecule is COc1ccc2c(c1)CC[C@@H]1[C@@H]2CC[C@]2(C)C(c3ccsc3)=C(/C=C/CC(=O)c3ccccc3)C[C@@H]12. The number of hydrogen-bond donors (Lipinski definition) is 0. The molecule has 0 unspecified atom stereocenters. The molecule has 1 saturated carbocycles. The van der Waals surface area contributed by atoms with E-state index in [0.717, 1.165) is 24.2 Å². The van der Waals surface area contributed by atoms with Crippen molar-refractivity contribution in [2.45, 2.75) is 51.4 Å². The molecule has 3 heteroatoms. The van der Waals surface area contributed by atoms with Crippen molar-refractivity contribution in [1.29, 1.82) is 0 Å². The number of benzene rings is 2. The first kappa shape index (κ1) is 23.5. The number of ether oxygens (including phenoxy) is 1. The van der Waals surface area contributed by atoms with Gasteiger partial charge in [-0.05, 0) is 112 Å². The van der Waals surface area contributed by atoms with Gasteiger partial charge in [-0.1, -0.05) is 55.5 Å². The van der Waals surface area contributed by atoms with E-state index in [0.29, 0.717) is 24.2 Å². The van der Waals surface area contributed by atoms with Crippen LogP contribution in [0.25, 0.3) is 5.57 Å². The molecule has 3 aliphatic rings. The Labute approximate surface area is 218 Å². The zero-order valence-electron chi connectivity index (χ0n) is 21.2. The van der Waals surface area contributed by atoms with E-state index in [9.17, 15) is 4.79 Å². The minimum absolute atomic E-state index is 0.186. The van der Waals surface area contributed by atoms with E-state index in [2.05, 4.69) is 54.1 Å². The first-order valence-corrected chi connectivity index (χ1v) is 14.2. The first-order valence-electron chi connectivity index (χ1n) is 13.3. The Kier molecular flexibility index (Phi) is 6.21. The minimum atomic E-state index is 0.186. The Morgan fingerprint density at radius 1 is 1.14 bits per heavy atom. The summed E-state index contributed by atoms with van der Waals surface area (Å²) in [5, 5.41) is 4.52. The standard InChI is InChI=1S/C33H34O2S/c1-33-17-15-28-27-14-12-26(35-2)19-23(27)11-13-29(28)30(33)20-24(32(33)25-16-18-36-21-25)9-6-10-31(34)22-7-4-3-5-8-22/h3-9,12,14,16,18-19,21,28-30H,10-11,13,15,17,20H2,1-2H3/b9-6+/t28-,29-,30+,33+/m1/s1. The van der Waals surface area contributed by atoms with E-state index in [1.165, 1.54) is 41.5 Å². The zero-order valence-corrected chi connectivity index (χ0v) is 22.0. The number of fused-ring (bicyclic) bond motifs is 5. The molecule has 1 fully saturated rings. The van der Waals surface area contributed by atoms with Gasteiger partial charge >= 0.3 is 0 Å². The van der Waals surface area contributed by atoms with Crippen molar-refractivity contribution in [3.63, 3.8) is 0 Å². The molecule has 184 valence electrons. The van der Waals surface area contributed by atoms with Crippen molar-refractivity contribution in [3.8, 4) is 5.75 Å². The molecule has 0 saturated heterocycles. The topological polar surface area (TPSA) is 26.3 Å². The van der Waals surface area contributed by atoms with E-state index >= 15 is 0 Å². The van der Waals surface area contributed by atoms with Crippen molar-refractivity contribution < 1.29 is 9.53 Å². The van der Waals surface area contributed by atoms with Gasteiger partial charge in [0.15, 0.2) is 5.78 Å². The molecule has 36 heavy (non-hydrogen) atoms. The lowest BCUT2D eigenvalue weighted by Gasteiger charge is -2.50. The van der Waals surface area contributed by atoms with Gasteiger partial charge in [0.1, 0.15) is 5.75 Å². The van der Waals surface area contributed by atoms with E-state index < -0.39 is 0 Å². The highest BCUT2D eigenvalue weighted by molar-refractivity contribution is 7.08. The van der Waals surface area contributed by atoms with Crippen LogP contribution in [0.3, 0.4) is 0 Å². The molecule has 1 heterocycles. The van der Waals surface area contributed by atoms with Gasteiger partial charge in [-0.25, -0.2) is 0 Å². The summed E-state index contributed by atoms with van der Waals surface area (Å²) < 4.78 is 5.52. The first-order chi connectivity index (χ1) is 17.6. The highest BCUT2D eigenvalue weighted by Crippen LogP contribution is 2.65. The average Bonchev–Trinajstić information content (AvgIpc) is 3.53. The van der Waals surface area contributed by atoms with Crippen LogP contribution in [-0.2, 0) is 6.42 Å². The number of thiophene rings is 1. The molecule has 0 amide bonds. The average molecular weight is 495 g/mol. The van der Waals surface area contributed by atoms with Crippen LogP contribution in [-0.4, -0.2) is 12.9 Å². The van der Waals surface area contributed by atoms with Crippen LogP contribution < -0.4 is 4.74 Å². The van der Waals surface area contributed by atoms with Gasteiger partial charge in [-0.2, -0.15) is 11.3 Å². The molecule has 0 aliphatic heterocycles. The van der Waals surface area contributed by atoms with Gasteiger partial charge < -0.3 is 4.74 Å². The van der Waals surface area contributed by atoms with Gasteiger partial charge in [-0.15, -0.1) is 0 Å². The Morgan fingerprint density at radius 3 is 2.78 bits per heavy atom. The molecule has 3 aromatic rings. The molecule has 1 aromatic heterocycles. The van der Waals surface area contributed by atoms with Crippen molar-refractivity contribution in [2.24, 2.45) is 17.3 Å². The fraction of sp³-hybridized carbons (Fsp3) is 0.364. The maximum Gasteiger partial charge on any atom is 0.166 e. The van der Waals surface area contributed by atoms with Gasteiger partial charge in [0, 0.05) is 12.0 Å². The van der Waals surface area contributed by atoms with E-state index in [1.807, 2.05) is 30.3 Å². The molecular weight excluding hydrogens is 460 g/mol. The molecule has 3 aliphatic carbocycles. The third kappa shape index (κ3) is 3.98. The van der Waals surface area contributed by atoms with Crippen molar-refractivity contribution >= 4 is 22.7 Å². The van der Waals surface area contributed by atoms with Gasteiger partial charge in [0.25, 0.3) is 0 Å². The lowest BCUT2D eigenvalue weighted by molar-refractivity contribution is 0.0880. The molecule has 6 rings (SSSR count). The molecule has 0 spiro atoms. The van der Waals surface area contributed by atoms with Crippen LogP contribution in [0, 0.1) is 17.3 Å². The number of ketones is 1. The van der Waals surface area contributed by atoms with Crippen LogP contribution in [0.5, 0.6) is 5.75 Å². The lowest BCUT2D eigenvalue weighted by atomic mass is 9.54. The third-order valence-electron chi connectivity index (χ3n) is 9.18. The zero-order chi connectivity index (χ0) is 24.7. The normalized spacial score (nSPS) is 27.0. The summed E-state index contributed by atoms with van der Waals surface area (Å²) in [6.07, 6.45) is 10.8. The molecule has 0 bridgehead atoms. The smallest absolute Gasteiger partial charge is 0.166 e. The predicted molar refractivity (Wildman–Crippen MR) is 149 cm³/mol. The van der Waals surface area contributed by atoms with Gasteiger partial charge in [-0.3, -0.25) is 4.79 Å². The summed E-state index contributed by atoms with van der Waals surface area (Å²) in [7, 11) is 1.76. The minimum Gasteiger partial charge on any atom is -0.497 e. The van der Waals surface area contributed by atoms with Crippen LogP contribution >= 0.6 is 11.3 Å². The number of aryl methyl sites for hydroxylation is 1. The van der Waals surface area contributed by atoms with Crippen molar-refractivity contribution in [3.05, 3.63) is 105 Å². The number of allylic oxidation sites excluding steroid dienone is 4. The molecule has 4 atom stereocenters. The second kappa shape index (κ2) is 9.52. The highest BCUT2D eigenvalue weighted by Gasteiger charge is 2.53. The summed E-state index contributed by atoms with van der Waals surface area (Å²) in [4.78, 5) is 12.7. The Balaban J connectivity index is 1.30. The number of rotatable bonds is 6. The summed E-state index contributed by atoms with van der Waals surface area (Å²) in [6.45, 7) is 2.53. The number of carbonyl (C=O) groups excluding carboxylic acids is 1. The van der Waals surface area contributed by atoms with Crippen LogP contribution in [0.15, 0.2) is 83.1 Å². The Hall–Kier alpha value is -2.91. The van der Waals surface area contributed by atoms with Crippen LogP contribution in [0.4, 0.5) is 0 Å². The molecular formula is C33H34O2S. The number of Topliss-reactive ketones (excluding diaryl/α,β-unsaturated/α-hetero) is 1. The number of carbonyl (C=O) groups is 1. The summed E-state index contributed by atoms with van der Waals surface area (Å²) in [5.41, 5.74) is 8.40. The van der Waals surface area contributed by atoms with E-state index in [4.69, 9.17) is 4.74 Å². The molecule has 0 radical (unpaired) electrons. The lowest BCUT2D eigenvalue weighted by Crippen LogP contribution is -2.40. The monoisotopic (exact) mass is 494 g/mol. The predicted octanol–water partition coefficient (Wildman–Crippen LogP) is 8.51. The number of methoxy groups -OCH3 is 1. The van der Waals surface area contributed by atoms with Crippen LogP contribution in [0.2, 0.25) is 0 Å². The van der Waals surface area contributed by atoms with Crippen molar-refractivity contribution in [2.75, 3.05) is 7.11 Å². The fourth-order valence-electron chi connectivity index (χ4n) is 7.52. The van der Waals surface area contributed by atoms with Crippen molar-refractivity contribution in [1.82, 2.24) is 0 Å². The van der Waals surface area contributed by atoms with Gasteiger partial charge in [0.2, 0.25) is 0 Å². The Bertz CT molecular complexity index is 1320. The van der Waals surface area contributed by atoms with Crippen LogP contribution in [0.1, 0.15) is 72.0 Å². The summed E-state index contributed by atoms with van der Waals surface area (Å²) in [5.74, 6) is 3.16. The maximum atomic E-state index is 12.7. The molecule has 2 aromatic carbocycles.